The molecule has 0 bridgehead atoms. The minimum Gasteiger partial charge on any atom is -0.459 e. The highest BCUT2D eigenvalue weighted by Crippen LogP contribution is 2.19. The predicted octanol–water partition coefficient (Wildman–Crippen LogP) is 0.924. The summed E-state index contributed by atoms with van der Waals surface area (Å²) in [4.78, 5) is 36.8. The number of nitrogens with zero attached hydrogens (tertiary/aromatic N) is 4. The Labute approximate surface area is 144 Å². The van der Waals surface area contributed by atoms with E-state index in [0.717, 1.165) is 12.8 Å². The summed E-state index contributed by atoms with van der Waals surface area (Å²) in [5.41, 5.74) is 0.381. The summed E-state index contributed by atoms with van der Waals surface area (Å²) < 4.78 is 5.16. The van der Waals surface area contributed by atoms with Crippen molar-refractivity contribution in [1.82, 2.24) is 20.2 Å². The van der Waals surface area contributed by atoms with Gasteiger partial charge in [-0.1, -0.05) is 0 Å². The molecule has 2 amide bonds. The van der Waals surface area contributed by atoms with Gasteiger partial charge in [0.15, 0.2) is 5.76 Å². The molecule has 1 saturated carbocycles. The number of carbonyl (C=O) groups excluding carboxylic acids is 2. The van der Waals surface area contributed by atoms with Crippen molar-refractivity contribution < 1.29 is 14.0 Å². The molecule has 2 aromatic heterocycles. The third-order valence-electron chi connectivity index (χ3n) is 4.37. The first kappa shape index (κ1) is 15.6. The lowest BCUT2D eigenvalue weighted by molar-refractivity contribution is 0.0714. The lowest BCUT2D eigenvalue weighted by Gasteiger charge is -2.34. The van der Waals surface area contributed by atoms with E-state index in [1.54, 1.807) is 29.3 Å². The average Bonchev–Trinajstić information content (AvgIpc) is 3.30. The Morgan fingerprint density at radius 2 is 1.96 bits per heavy atom. The maximum Gasteiger partial charge on any atom is 0.289 e. The summed E-state index contributed by atoms with van der Waals surface area (Å²) in [6.07, 6.45) is 5.17. The third kappa shape index (κ3) is 3.47. The molecule has 1 aliphatic carbocycles. The van der Waals surface area contributed by atoms with Crippen LogP contribution in [0.15, 0.2) is 35.1 Å². The zero-order valence-electron chi connectivity index (χ0n) is 13.7. The summed E-state index contributed by atoms with van der Waals surface area (Å²) >= 11 is 0. The number of hydrogen-bond donors (Lipinski definition) is 1. The van der Waals surface area contributed by atoms with E-state index in [-0.39, 0.29) is 11.8 Å². The second-order valence-corrected chi connectivity index (χ2v) is 6.25. The van der Waals surface area contributed by atoms with Crippen molar-refractivity contribution in [2.75, 3.05) is 31.1 Å². The number of piperazine rings is 1. The standard InChI is InChI=1S/C17H19N5O3/c23-15(19-12-3-4-12)13-5-6-18-17(20-13)22-9-7-21(8-10-22)16(24)14-2-1-11-25-14/h1-2,5-6,11-12H,3-4,7-10H2,(H,19,23). The molecule has 2 aromatic rings. The Bertz CT molecular complexity index is 764. The fourth-order valence-corrected chi connectivity index (χ4v) is 2.78. The number of nitrogens with one attached hydrogen (secondary N) is 1. The van der Waals surface area contributed by atoms with E-state index in [1.807, 2.05) is 4.90 Å². The molecular weight excluding hydrogens is 322 g/mol. The van der Waals surface area contributed by atoms with Gasteiger partial charge in [0, 0.05) is 38.4 Å². The fraction of sp³-hybridized carbons (Fsp3) is 0.412. The minimum atomic E-state index is -0.155. The van der Waals surface area contributed by atoms with Gasteiger partial charge in [-0.15, -0.1) is 0 Å². The van der Waals surface area contributed by atoms with Gasteiger partial charge in [0.05, 0.1) is 6.26 Å². The first-order valence-corrected chi connectivity index (χ1v) is 8.42. The van der Waals surface area contributed by atoms with Crippen LogP contribution in [-0.2, 0) is 0 Å². The zero-order chi connectivity index (χ0) is 17.2. The molecule has 130 valence electrons. The van der Waals surface area contributed by atoms with Crippen LogP contribution < -0.4 is 10.2 Å². The van der Waals surface area contributed by atoms with Gasteiger partial charge in [0.25, 0.3) is 11.8 Å². The van der Waals surface area contributed by atoms with Crippen molar-refractivity contribution in [2.24, 2.45) is 0 Å². The number of rotatable bonds is 4. The minimum absolute atomic E-state index is 0.108. The van der Waals surface area contributed by atoms with Crippen LogP contribution in [-0.4, -0.2) is 58.9 Å². The summed E-state index contributed by atoms with van der Waals surface area (Å²) in [6, 6.07) is 5.29. The molecule has 1 saturated heterocycles. The van der Waals surface area contributed by atoms with Crippen LogP contribution in [0.4, 0.5) is 5.95 Å². The number of aromatic nitrogens is 2. The fourth-order valence-electron chi connectivity index (χ4n) is 2.78. The van der Waals surface area contributed by atoms with Gasteiger partial charge in [-0.3, -0.25) is 9.59 Å². The Kier molecular flexibility index (Phi) is 4.09. The molecule has 8 nitrogen and oxygen atoms in total. The maximum atomic E-state index is 12.3. The van der Waals surface area contributed by atoms with Gasteiger partial charge in [0.1, 0.15) is 5.69 Å². The average molecular weight is 341 g/mol. The van der Waals surface area contributed by atoms with Crippen molar-refractivity contribution >= 4 is 17.8 Å². The van der Waals surface area contributed by atoms with E-state index in [0.29, 0.717) is 49.6 Å². The van der Waals surface area contributed by atoms with Crippen molar-refractivity contribution in [1.29, 1.82) is 0 Å². The molecule has 1 aliphatic heterocycles. The number of anilines is 1. The monoisotopic (exact) mass is 341 g/mol. The van der Waals surface area contributed by atoms with E-state index in [4.69, 9.17) is 4.42 Å². The van der Waals surface area contributed by atoms with Crippen LogP contribution in [0, 0.1) is 0 Å². The molecule has 0 spiro atoms. The van der Waals surface area contributed by atoms with Crippen molar-refractivity contribution in [3.8, 4) is 0 Å². The van der Waals surface area contributed by atoms with Gasteiger partial charge in [-0.25, -0.2) is 9.97 Å². The third-order valence-corrected chi connectivity index (χ3v) is 4.37. The lowest BCUT2D eigenvalue weighted by Crippen LogP contribution is -2.49. The normalized spacial score (nSPS) is 17.4. The first-order chi connectivity index (χ1) is 12.2. The van der Waals surface area contributed by atoms with Crippen LogP contribution in [0.2, 0.25) is 0 Å². The zero-order valence-corrected chi connectivity index (χ0v) is 13.7. The molecule has 3 heterocycles. The van der Waals surface area contributed by atoms with Crippen LogP contribution in [0.25, 0.3) is 0 Å². The number of carbonyl (C=O) groups is 2. The largest absolute Gasteiger partial charge is 0.459 e. The van der Waals surface area contributed by atoms with Crippen LogP contribution >= 0.6 is 0 Å². The van der Waals surface area contributed by atoms with Crippen molar-refractivity contribution in [2.45, 2.75) is 18.9 Å². The number of amides is 2. The second-order valence-electron chi connectivity index (χ2n) is 6.25. The molecule has 25 heavy (non-hydrogen) atoms. The van der Waals surface area contributed by atoms with Crippen molar-refractivity contribution in [3.63, 3.8) is 0 Å². The molecule has 2 fully saturated rings. The highest BCUT2D eigenvalue weighted by atomic mass is 16.3. The summed E-state index contributed by atoms with van der Waals surface area (Å²) in [5.74, 6) is 0.609. The van der Waals surface area contributed by atoms with Gasteiger partial charge >= 0.3 is 0 Å². The highest BCUT2D eigenvalue weighted by Gasteiger charge is 2.27. The molecule has 0 aromatic carbocycles. The van der Waals surface area contributed by atoms with Crippen LogP contribution in [0.3, 0.4) is 0 Å². The molecule has 1 N–H and O–H groups in total. The topological polar surface area (TPSA) is 91.6 Å². The van der Waals surface area contributed by atoms with Gasteiger partial charge in [-0.05, 0) is 31.0 Å². The predicted molar refractivity (Wildman–Crippen MR) is 89.3 cm³/mol. The smallest absolute Gasteiger partial charge is 0.289 e. The highest BCUT2D eigenvalue weighted by molar-refractivity contribution is 5.93. The molecule has 8 heteroatoms. The van der Waals surface area contributed by atoms with Crippen LogP contribution in [0.1, 0.15) is 33.9 Å². The van der Waals surface area contributed by atoms with Crippen LogP contribution in [0.5, 0.6) is 0 Å². The summed E-state index contributed by atoms with van der Waals surface area (Å²) in [7, 11) is 0. The molecular formula is C17H19N5O3. The Hall–Kier alpha value is -2.90. The Morgan fingerprint density at radius 1 is 1.16 bits per heavy atom. The van der Waals surface area contributed by atoms with Gasteiger partial charge < -0.3 is 19.5 Å². The summed E-state index contributed by atoms with van der Waals surface area (Å²) in [6.45, 7) is 2.34. The maximum absolute atomic E-state index is 12.3. The molecule has 0 radical (unpaired) electrons. The van der Waals surface area contributed by atoms with E-state index in [1.165, 1.54) is 6.26 Å². The second kappa shape index (κ2) is 6.54. The van der Waals surface area contributed by atoms with Gasteiger partial charge in [-0.2, -0.15) is 0 Å². The SMILES string of the molecule is O=C(NC1CC1)c1ccnc(N2CCN(C(=O)c3ccco3)CC2)n1. The Balaban J connectivity index is 1.38. The molecule has 0 unspecified atom stereocenters. The van der Waals surface area contributed by atoms with E-state index in [2.05, 4.69) is 15.3 Å². The Morgan fingerprint density at radius 3 is 2.64 bits per heavy atom. The first-order valence-electron chi connectivity index (χ1n) is 8.42. The quantitative estimate of drug-likeness (QED) is 0.889. The van der Waals surface area contributed by atoms with E-state index < -0.39 is 0 Å². The van der Waals surface area contributed by atoms with E-state index >= 15 is 0 Å². The number of hydrogen-bond acceptors (Lipinski definition) is 6. The van der Waals surface area contributed by atoms with E-state index in [9.17, 15) is 9.59 Å². The molecule has 2 aliphatic rings. The molecule has 0 atom stereocenters. The summed E-state index contributed by atoms with van der Waals surface area (Å²) in [5, 5.41) is 2.93. The molecule has 4 rings (SSSR count). The van der Waals surface area contributed by atoms with Gasteiger partial charge in [0.2, 0.25) is 5.95 Å². The lowest BCUT2D eigenvalue weighted by atomic mass is 10.3. The number of furan rings is 1. The van der Waals surface area contributed by atoms with Crippen molar-refractivity contribution in [3.05, 3.63) is 42.1 Å².